The van der Waals surface area contributed by atoms with Gasteiger partial charge in [-0.2, -0.15) is 4.39 Å². The monoisotopic (exact) mass is 363 g/mol. The minimum atomic E-state index is -1.07. The Kier molecular flexibility index (Phi) is 4.74. The van der Waals surface area contributed by atoms with Crippen molar-refractivity contribution in [3.05, 3.63) is 51.1 Å². The number of hydrogen-bond acceptors (Lipinski definition) is 4. The van der Waals surface area contributed by atoms with Crippen LogP contribution in [0.25, 0.3) is 0 Å². The number of benzene rings is 1. The third kappa shape index (κ3) is 3.36. The minimum absolute atomic E-state index is 0.124. The summed E-state index contributed by atoms with van der Waals surface area (Å²) < 4.78 is 32.3. The van der Waals surface area contributed by atoms with Gasteiger partial charge in [-0.3, -0.25) is 0 Å². The first-order valence-electron chi connectivity index (χ1n) is 5.40. The summed E-state index contributed by atoms with van der Waals surface area (Å²) in [6.07, 6.45) is 0. The molecule has 2 aromatic rings. The highest BCUT2D eigenvalue weighted by atomic mass is 79.9. The van der Waals surface area contributed by atoms with Crippen LogP contribution in [-0.4, -0.2) is 4.98 Å². The van der Waals surface area contributed by atoms with Crippen molar-refractivity contribution >= 4 is 33.3 Å². The van der Waals surface area contributed by atoms with E-state index in [2.05, 4.69) is 26.3 Å². The molecule has 4 nitrogen and oxygen atoms in total. The maximum Gasteiger partial charge on any atom is 0.200 e. The van der Waals surface area contributed by atoms with E-state index in [-0.39, 0.29) is 12.4 Å². The van der Waals surface area contributed by atoms with E-state index in [1.54, 1.807) is 12.1 Å². The second-order valence-corrected chi connectivity index (χ2v) is 5.08. The number of nitrogen functional groups attached to an aromatic ring is 1. The van der Waals surface area contributed by atoms with Crippen molar-refractivity contribution in [2.45, 2.75) is 6.61 Å². The van der Waals surface area contributed by atoms with E-state index in [9.17, 15) is 8.78 Å². The second-order valence-electron chi connectivity index (χ2n) is 3.76. The van der Waals surface area contributed by atoms with Crippen molar-refractivity contribution in [3.8, 4) is 5.75 Å². The van der Waals surface area contributed by atoms with Gasteiger partial charge in [-0.25, -0.2) is 15.2 Å². The molecule has 0 saturated heterocycles. The lowest BCUT2D eigenvalue weighted by Crippen LogP contribution is -2.10. The van der Waals surface area contributed by atoms with Gasteiger partial charge in [0.25, 0.3) is 0 Å². The molecule has 2 rings (SSSR count). The summed E-state index contributed by atoms with van der Waals surface area (Å²) in [6.45, 7) is -0.124. The van der Waals surface area contributed by atoms with Crippen LogP contribution in [0.4, 0.5) is 14.6 Å². The normalized spacial score (nSPS) is 10.4. The molecule has 0 bridgehead atoms. The Hall–Kier alpha value is -1.44. The summed E-state index contributed by atoms with van der Waals surface area (Å²) in [4.78, 5) is 4.06. The third-order valence-corrected chi connectivity index (χ3v) is 3.19. The predicted molar refractivity (Wildman–Crippen MR) is 75.4 cm³/mol. The third-order valence-electron chi connectivity index (χ3n) is 2.39. The molecule has 1 aromatic heterocycles. The molecule has 0 spiro atoms. The number of hydrazine groups is 1. The van der Waals surface area contributed by atoms with E-state index in [4.69, 9.17) is 22.2 Å². The summed E-state index contributed by atoms with van der Waals surface area (Å²) in [5.41, 5.74) is 2.70. The zero-order chi connectivity index (χ0) is 14.7. The van der Waals surface area contributed by atoms with Crippen molar-refractivity contribution in [2.24, 2.45) is 5.84 Å². The summed E-state index contributed by atoms with van der Waals surface area (Å²) in [5.74, 6) is 3.30. The zero-order valence-electron chi connectivity index (χ0n) is 9.96. The van der Waals surface area contributed by atoms with Crippen LogP contribution in [0, 0.1) is 11.6 Å². The first kappa shape index (κ1) is 15.0. The quantitative estimate of drug-likeness (QED) is 0.494. The minimum Gasteiger partial charge on any atom is -0.484 e. The largest absolute Gasteiger partial charge is 0.484 e. The van der Waals surface area contributed by atoms with Gasteiger partial charge in [-0.05, 0) is 24.3 Å². The Balaban J connectivity index is 2.21. The number of anilines is 1. The van der Waals surface area contributed by atoms with E-state index in [1.165, 1.54) is 6.07 Å². The number of rotatable bonds is 4. The Morgan fingerprint density at radius 3 is 2.80 bits per heavy atom. The van der Waals surface area contributed by atoms with Gasteiger partial charge in [0, 0.05) is 4.47 Å². The molecule has 1 heterocycles. The average molecular weight is 365 g/mol. The second kappa shape index (κ2) is 6.34. The number of nitrogens with one attached hydrogen (secondary N) is 1. The van der Waals surface area contributed by atoms with Crippen LogP contribution in [0.3, 0.4) is 0 Å². The van der Waals surface area contributed by atoms with E-state index < -0.39 is 11.6 Å². The van der Waals surface area contributed by atoms with Crippen molar-refractivity contribution in [1.82, 2.24) is 4.98 Å². The molecule has 0 unspecified atom stereocenters. The number of aromatic nitrogens is 1. The van der Waals surface area contributed by atoms with Crippen LogP contribution in [0.5, 0.6) is 5.75 Å². The van der Waals surface area contributed by atoms with Gasteiger partial charge in [0.1, 0.15) is 12.4 Å². The molecule has 0 aliphatic heterocycles. The van der Waals surface area contributed by atoms with Gasteiger partial charge in [0.2, 0.25) is 5.82 Å². The van der Waals surface area contributed by atoms with E-state index in [0.29, 0.717) is 21.0 Å². The van der Waals surface area contributed by atoms with E-state index in [1.807, 2.05) is 0 Å². The highest BCUT2D eigenvalue weighted by molar-refractivity contribution is 9.10. The van der Waals surface area contributed by atoms with Crippen molar-refractivity contribution in [1.29, 1.82) is 0 Å². The standard InChI is InChI=1S/C12H9BrClF2N3O/c13-6-3-8(15)12(16)10(4-6)20-5-9-7(14)1-2-11(18-9)19-17/h1-4H,5,17H2,(H,18,19). The molecule has 1 aromatic carbocycles. The topological polar surface area (TPSA) is 60.2 Å². The van der Waals surface area contributed by atoms with Crippen molar-refractivity contribution < 1.29 is 13.5 Å². The van der Waals surface area contributed by atoms with Gasteiger partial charge < -0.3 is 10.2 Å². The number of hydrogen-bond donors (Lipinski definition) is 2. The molecule has 0 fully saturated rings. The van der Waals surface area contributed by atoms with Crippen molar-refractivity contribution in [3.63, 3.8) is 0 Å². The van der Waals surface area contributed by atoms with Gasteiger partial charge in [-0.1, -0.05) is 27.5 Å². The molecule has 0 aliphatic rings. The Bertz CT molecular complexity index is 642. The lowest BCUT2D eigenvalue weighted by molar-refractivity contribution is 0.280. The van der Waals surface area contributed by atoms with Gasteiger partial charge in [0.15, 0.2) is 11.6 Å². The highest BCUT2D eigenvalue weighted by Crippen LogP contribution is 2.27. The summed E-state index contributed by atoms with van der Waals surface area (Å²) >= 11 is 8.99. The van der Waals surface area contributed by atoms with Crippen molar-refractivity contribution in [2.75, 3.05) is 5.43 Å². The molecule has 0 radical (unpaired) electrons. The molecule has 8 heteroatoms. The summed E-state index contributed by atoms with van der Waals surface area (Å²) in [6, 6.07) is 5.47. The highest BCUT2D eigenvalue weighted by Gasteiger charge is 2.13. The maximum atomic E-state index is 13.5. The maximum absolute atomic E-state index is 13.5. The number of ether oxygens (including phenoxy) is 1. The molecule has 0 aliphatic carbocycles. The lowest BCUT2D eigenvalue weighted by Gasteiger charge is -2.10. The number of halogens is 4. The first-order valence-corrected chi connectivity index (χ1v) is 6.57. The molecule has 3 N–H and O–H groups in total. The summed E-state index contributed by atoms with van der Waals surface area (Å²) in [5, 5.41) is 0.333. The fourth-order valence-electron chi connectivity index (χ4n) is 1.45. The van der Waals surface area contributed by atoms with Crippen LogP contribution >= 0.6 is 27.5 Å². The van der Waals surface area contributed by atoms with Gasteiger partial charge in [0.05, 0.1) is 10.7 Å². The average Bonchev–Trinajstić information content (AvgIpc) is 2.42. The predicted octanol–water partition coefficient (Wildman–Crippen LogP) is 3.64. The molecule has 0 atom stereocenters. The fourth-order valence-corrected chi connectivity index (χ4v) is 2.02. The lowest BCUT2D eigenvalue weighted by atomic mass is 10.3. The van der Waals surface area contributed by atoms with Crippen LogP contribution < -0.4 is 16.0 Å². The zero-order valence-corrected chi connectivity index (χ0v) is 12.3. The Labute approximate surface area is 127 Å². The Morgan fingerprint density at radius 2 is 2.10 bits per heavy atom. The van der Waals surface area contributed by atoms with Crippen LogP contribution in [0.1, 0.15) is 5.69 Å². The number of pyridine rings is 1. The molecule has 0 amide bonds. The molecule has 106 valence electrons. The number of nitrogens with two attached hydrogens (primary N) is 1. The Morgan fingerprint density at radius 1 is 1.35 bits per heavy atom. The first-order chi connectivity index (χ1) is 9.51. The molecular formula is C12H9BrClF2N3O. The molecular weight excluding hydrogens is 356 g/mol. The number of nitrogens with zero attached hydrogens (tertiary/aromatic N) is 1. The van der Waals surface area contributed by atoms with Gasteiger partial charge >= 0.3 is 0 Å². The van der Waals surface area contributed by atoms with E-state index in [0.717, 1.165) is 6.07 Å². The van der Waals surface area contributed by atoms with Gasteiger partial charge in [-0.15, -0.1) is 0 Å². The van der Waals surface area contributed by atoms with Crippen LogP contribution in [0.2, 0.25) is 5.02 Å². The summed E-state index contributed by atoms with van der Waals surface area (Å²) in [7, 11) is 0. The van der Waals surface area contributed by atoms with E-state index >= 15 is 0 Å². The SMILES string of the molecule is NNc1ccc(Cl)c(COc2cc(Br)cc(F)c2F)n1. The molecule has 20 heavy (non-hydrogen) atoms. The smallest absolute Gasteiger partial charge is 0.200 e. The fraction of sp³-hybridized carbons (Fsp3) is 0.0833. The van der Waals surface area contributed by atoms with Crippen LogP contribution in [-0.2, 0) is 6.61 Å². The van der Waals surface area contributed by atoms with Crippen LogP contribution in [0.15, 0.2) is 28.7 Å². The molecule has 0 saturated carbocycles.